The van der Waals surface area contributed by atoms with Crippen molar-refractivity contribution >= 4 is 14.3 Å². The van der Waals surface area contributed by atoms with Gasteiger partial charge in [-0.15, -0.1) is 0 Å². The van der Waals surface area contributed by atoms with E-state index in [1.165, 1.54) is 6.92 Å². The first-order chi connectivity index (χ1) is 16.1. The average Bonchev–Trinajstić information content (AvgIpc) is 2.78. The largest absolute Gasteiger partial charge is 0.455 e. The molecule has 0 unspecified atom stereocenters. The van der Waals surface area contributed by atoms with Crippen LogP contribution in [-0.2, 0) is 36.6 Å². The van der Waals surface area contributed by atoms with Crippen LogP contribution < -0.4 is 0 Å². The number of rotatable bonds is 9. The third kappa shape index (κ3) is 7.12. The maximum atomic E-state index is 11.9. The second-order valence-corrected chi connectivity index (χ2v) is 15.1. The molecule has 0 saturated carbocycles. The van der Waals surface area contributed by atoms with Gasteiger partial charge in [0.15, 0.2) is 8.32 Å². The SMILES string of the molecule is CC(=O)O[C@@H]1C=C[C@@H](OCc2ccccc2)[C@H](OCc2ccccc2)[C@H]1O[Si](C)(C)C(C)(C)C. The van der Waals surface area contributed by atoms with Gasteiger partial charge in [0.05, 0.1) is 13.2 Å². The second-order valence-electron chi connectivity index (χ2n) is 10.3. The van der Waals surface area contributed by atoms with Crippen LogP contribution in [0.4, 0.5) is 0 Å². The highest BCUT2D eigenvalue weighted by Gasteiger charge is 2.47. The van der Waals surface area contributed by atoms with Crippen molar-refractivity contribution in [2.75, 3.05) is 0 Å². The van der Waals surface area contributed by atoms with E-state index >= 15 is 0 Å². The fourth-order valence-electron chi connectivity index (χ4n) is 3.63. The normalized spacial score (nSPS) is 23.0. The summed E-state index contributed by atoms with van der Waals surface area (Å²) in [5.74, 6) is -0.344. The summed E-state index contributed by atoms with van der Waals surface area (Å²) in [4.78, 5) is 11.9. The molecule has 0 radical (unpaired) electrons. The summed E-state index contributed by atoms with van der Waals surface area (Å²) in [6.45, 7) is 13.3. The van der Waals surface area contributed by atoms with E-state index in [0.29, 0.717) is 13.2 Å². The molecule has 3 rings (SSSR count). The Labute approximate surface area is 205 Å². The molecule has 0 aliphatic heterocycles. The van der Waals surface area contributed by atoms with Crippen LogP contribution in [0.5, 0.6) is 0 Å². The van der Waals surface area contributed by atoms with Crippen LogP contribution in [0.2, 0.25) is 18.1 Å². The molecule has 5 nitrogen and oxygen atoms in total. The molecule has 0 aromatic heterocycles. The van der Waals surface area contributed by atoms with Crippen LogP contribution in [0.3, 0.4) is 0 Å². The molecule has 0 spiro atoms. The molecule has 0 bridgehead atoms. The molecule has 4 atom stereocenters. The van der Waals surface area contributed by atoms with Crippen LogP contribution in [0.1, 0.15) is 38.8 Å². The first kappa shape index (κ1) is 26.4. The minimum Gasteiger partial charge on any atom is -0.455 e. The minimum absolute atomic E-state index is 0.0146. The van der Waals surface area contributed by atoms with Crippen LogP contribution in [0, 0.1) is 0 Å². The molecule has 2 aromatic carbocycles. The lowest BCUT2D eigenvalue weighted by Gasteiger charge is -2.45. The maximum Gasteiger partial charge on any atom is 0.303 e. The highest BCUT2D eigenvalue weighted by atomic mass is 28.4. The van der Waals surface area contributed by atoms with Gasteiger partial charge in [-0.2, -0.15) is 0 Å². The molecular weight excluding hydrogens is 444 g/mol. The number of benzene rings is 2. The van der Waals surface area contributed by atoms with E-state index < -0.39 is 26.6 Å². The zero-order valence-corrected chi connectivity index (χ0v) is 22.2. The van der Waals surface area contributed by atoms with Crippen LogP contribution in [-0.4, -0.2) is 38.7 Å². The van der Waals surface area contributed by atoms with E-state index in [0.717, 1.165) is 11.1 Å². The monoisotopic (exact) mass is 482 g/mol. The van der Waals surface area contributed by atoms with Gasteiger partial charge in [0, 0.05) is 6.92 Å². The van der Waals surface area contributed by atoms with Crippen LogP contribution in [0.15, 0.2) is 72.8 Å². The lowest BCUT2D eigenvalue weighted by Crippen LogP contribution is -2.57. The van der Waals surface area contributed by atoms with Gasteiger partial charge in [-0.3, -0.25) is 4.79 Å². The van der Waals surface area contributed by atoms with E-state index in [1.54, 1.807) is 0 Å². The molecule has 34 heavy (non-hydrogen) atoms. The Morgan fingerprint density at radius 3 is 1.79 bits per heavy atom. The first-order valence-corrected chi connectivity index (χ1v) is 14.8. The summed E-state index contributed by atoms with van der Waals surface area (Å²) in [5, 5.41) is -0.0146. The van der Waals surface area contributed by atoms with Gasteiger partial charge in [0.1, 0.15) is 24.4 Å². The van der Waals surface area contributed by atoms with Crippen molar-refractivity contribution in [2.45, 2.75) is 83.5 Å². The highest BCUT2D eigenvalue weighted by Crippen LogP contribution is 2.40. The lowest BCUT2D eigenvalue weighted by molar-refractivity contribution is -0.167. The Morgan fingerprint density at radius 2 is 1.29 bits per heavy atom. The highest BCUT2D eigenvalue weighted by molar-refractivity contribution is 6.74. The first-order valence-electron chi connectivity index (χ1n) is 11.9. The summed E-state index contributed by atoms with van der Waals surface area (Å²) in [6, 6.07) is 20.1. The number of carbonyl (C=O) groups excluding carboxylic acids is 1. The van der Waals surface area contributed by atoms with Crippen LogP contribution in [0.25, 0.3) is 0 Å². The predicted molar refractivity (Wildman–Crippen MR) is 137 cm³/mol. The van der Waals surface area contributed by atoms with Gasteiger partial charge in [0.2, 0.25) is 0 Å². The Morgan fingerprint density at radius 1 is 0.794 bits per heavy atom. The van der Waals surface area contributed by atoms with Crippen molar-refractivity contribution < 1.29 is 23.4 Å². The molecule has 1 aliphatic carbocycles. The number of esters is 1. The molecule has 0 saturated heterocycles. The third-order valence-electron chi connectivity index (χ3n) is 6.57. The Hall–Kier alpha value is -2.25. The van der Waals surface area contributed by atoms with Crippen LogP contribution >= 0.6 is 0 Å². The molecule has 184 valence electrons. The molecule has 2 aromatic rings. The molecule has 1 aliphatic rings. The zero-order valence-electron chi connectivity index (χ0n) is 21.2. The second kappa shape index (κ2) is 11.4. The smallest absolute Gasteiger partial charge is 0.303 e. The number of hydrogen-bond donors (Lipinski definition) is 0. The van der Waals surface area contributed by atoms with Crippen molar-refractivity contribution in [3.63, 3.8) is 0 Å². The number of hydrogen-bond acceptors (Lipinski definition) is 5. The summed E-state index contributed by atoms with van der Waals surface area (Å²) in [6.07, 6.45) is 2.04. The van der Waals surface area contributed by atoms with Crippen molar-refractivity contribution in [3.8, 4) is 0 Å². The van der Waals surface area contributed by atoms with E-state index in [2.05, 4.69) is 33.9 Å². The summed E-state index contributed by atoms with van der Waals surface area (Å²) in [5.41, 5.74) is 2.15. The average molecular weight is 483 g/mol. The number of carbonyl (C=O) groups is 1. The van der Waals surface area contributed by atoms with E-state index in [4.69, 9.17) is 18.6 Å². The predicted octanol–water partition coefficient (Wildman–Crippen LogP) is 6.05. The Bertz CT molecular complexity index is 936. The summed E-state index contributed by atoms with van der Waals surface area (Å²) >= 11 is 0. The van der Waals surface area contributed by atoms with Gasteiger partial charge >= 0.3 is 5.97 Å². The molecular formula is C28H38O5Si. The molecule has 0 N–H and O–H groups in total. The van der Waals surface area contributed by atoms with Crippen molar-refractivity contribution in [2.24, 2.45) is 0 Å². The topological polar surface area (TPSA) is 54.0 Å². The molecule has 0 fully saturated rings. The standard InChI is InChI=1S/C28H38O5Si/c1-21(29)32-25-18-17-24(30-19-22-13-9-7-10-14-22)26(31-20-23-15-11-8-12-16-23)27(25)33-34(5,6)28(2,3)4/h7-18,24-27H,19-20H2,1-6H3/t24-,25-,26+,27+/m1/s1. The lowest BCUT2D eigenvalue weighted by atomic mass is 9.95. The van der Waals surface area contributed by atoms with Crippen molar-refractivity contribution in [3.05, 3.63) is 83.9 Å². The fraction of sp³-hybridized carbons (Fsp3) is 0.464. The third-order valence-corrected chi connectivity index (χ3v) is 11.0. The molecule has 0 amide bonds. The fourth-order valence-corrected chi connectivity index (χ4v) is 4.94. The summed E-state index contributed by atoms with van der Waals surface area (Å²) in [7, 11) is -2.21. The Kier molecular flexibility index (Phi) is 8.87. The van der Waals surface area contributed by atoms with E-state index in [-0.39, 0.29) is 17.1 Å². The minimum atomic E-state index is -2.21. The van der Waals surface area contributed by atoms with Crippen molar-refractivity contribution in [1.29, 1.82) is 0 Å². The van der Waals surface area contributed by atoms with Gasteiger partial charge in [0.25, 0.3) is 0 Å². The van der Waals surface area contributed by atoms with Gasteiger partial charge in [-0.05, 0) is 35.3 Å². The summed E-state index contributed by atoms with van der Waals surface area (Å²) < 4.78 is 25.4. The van der Waals surface area contributed by atoms with Gasteiger partial charge in [-0.25, -0.2) is 0 Å². The Balaban J connectivity index is 1.89. The van der Waals surface area contributed by atoms with E-state index in [9.17, 15) is 4.79 Å². The van der Waals surface area contributed by atoms with Gasteiger partial charge in [-0.1, -0.05) is 87.5 Å². The van der Waals surface area contributed by atoms with Gasteiger partial charge < -0.3 is 18.6 Å². The molecule has 6 heteroatoms. The van der Waals surface area contributed by atoms with E-state index in [1.807, 2.05) is 72.8 Å². The number of ether oxygens (including phenoxy) is 3. The molecule has 0 heterocycles. The zero-order chi connectivity index (χ0) is 24.8. The maximum absolute atomic E-state index is 11.9. The van der Waals surface area contributed by atoms with Crippen molar-refractivity contribution in [1.82, 2.24) is 0 Å². The quantitative estimate of drug-likeness (QED) is 0.247.